The number of benzene rings is 1. The van der Waals surface area contributed by atoms with Gasteiger partial charge in [0.15, 0.2) is 4.96 Å². The number of aromatic nitrogens is 2. The average molecular weight is 512 g/mol. The molecular formula is C20H22ClN5O5S2. The van der Waals surface area contributed by atoms with Crippen molar-refractivity contribution in [1.29, 1.82) is 0 Å². The molecule has 0 aliphatic carbocycles. The SMILES string of the molecule is CN(CC(=O)Nc1ccc(Cl)c(S(=O)(=O)N2CCOCC2)c1)Cc1cc(=O)n2ccsc2n1. The van der Waals surface area contributed by atoms with Crippen LogP contribution in [0.25, 0.3) is 4.96 Å². The molecule has 0 saturated carbocycles. The van der Waals surface area contributed by atoms with Gasteiger partial charge in [0.2, 0.25) is 15.9 Å². The molecule has 4 rings (SSSR count). The number of hydrogen-bond acceptors (Lipinski definition) is 8. The van der Waals surface area contributed by atoms with E-state index in [0.29, 0.717) is 36.1 Å². The number of ether oxygens (including phenoxy) is 1. The van der Waals surface area contributed by atoms with E-state index in [1.807, 2.05) is 0 Å². The maximum absolute atomic E-state index is 13.0. The van der Waals surface area contributed by atoms with Crippen molar-refractivity contribution in [3.8, 4) is 0 Å². The fraction of sp³-hybridized carbons (Fsp3) is 0.350. The molecule has 176 valence electrons. The molecule has 1 saturated heterocycles. The van der Waals surface area contributed by atoms with Crippen LogP contribution in [0.3, 0.4) is 0 Å². The lowest BCUT2D eigenvalue weighted by molar-refractivity contribution is -0.117. The summed E-state index contributed by atoms with van der Waals surface area (Å²) in [5.41, 5.74) is 0.702. The number of carbonyl (C=O) groups excluding carboxylic acids is 1. The Morgan fingerprint density at radius 3 is 2.82 bits per heavy atom. The Morgan fingerprint density at radius 2 is 2.06 bits per heavy atom. The van der Waals surface area contributed by atoms with Crippen molar-refractivity contribution in [2.45, 2.75) is 11.4 Å². The van der Waals surface area contributed by atoms with E-state index in [4.69, 9.17) is 16.3 Å². The zero-order valence-electron chi connectivity index (χ0n) is 17.7. The van der Waals surface area contributed by atoms with Gasteiger partial charge in [0.1, 0.15) is 4.90 Å². The summed E-state index contributed by atoms with van der Waals surface area (Å²) in [5.74, 6) is -0.344. The summed E-state index contributed by atoms with van der Waals surface area (Å²) in [6, 6.07) is 5.79. The third-order valence-electron chi connectivity index (χ3n) is 5.00. The van der Waals surface area contributed by atoms with Gasteiger partial charge in [-0.25, -0.2) is 13.4 Å². The Balaban J connectivity index is 1.42. The molecule has 1 aliphatic rings. The summed E-state index contributed by atoms with van der Waals surface area (Å²) in [4.78, 5) is 31.3. The Morgan fingerprint density at radius 1 is 1.30 bits per heavy atom. The van der Waals surface area contributed by atoms with Crippen LogP contribution in [-0.4, -0.2) is 72.8 Å². The first kappa shape index (κ1) is 23.8. The minimum atomic E-state index is -3.81. The second-order valence-corrected chi connectivity index (χ2v) is 10.7. The third kappa shape index (κ3) is 5.42. The Kier molecular flexibility index (Phi) is 7.12. The number of sulfonamides is 1. The molecule has 1 amide bonds. The van der Waals surface area contributed by atoms with Crippen molar-refractivity contribution in [1.82, 2.24) is 18.6 Å². The number of nitrogens with zero attached hydrogens (tertiary/aromatic N) is 4. The van der Waals surface area contributed by atoms with Gasteiger partial charge in [-0.3, -0.25) is 18.9 Å². The number of likely N-dealkylation sites (N-methyl/N-ethyl adjacent to an activating group) is 1. The van der Waals surface area contributed by atoms with Gasteiger partial charge in [-0.2, -0.15) is 4.31 Å². The minimum absolute atomic E-state index is 0.0136. The molecule has 0 bridgehead atoms. The summed E-state index contributed by atoms with van der Waals surface area (Å²) in [6.07, 6.45) is 1.66. The van der Waals surface area contributed by atoms with Gasteiger partial charge in [-0.05, 0) is 25.2 Å². The van der Waals surface area contributed by atoms with E-state index in [2.05, 4.69) is 10.3 Å². The Hall–Kier alpha value is -2.35. The average Bonchev–Trinajstić information content (AvgIpc) is 3.24. The minimum Gasteiger partial charge on any atom is -0.379 e. The van der Waals surface area contributed by atoms with Crippen LogP contribution in [0.2, 0.25) is 5.02 Å². The predicted molar refractivity (Wildman–Crippen MR) is 125 cm³/mol. The predicted octanol–water partition coefficient (Wildman–Crippen LogP) is 1.50. The molecule has 3 aromatic rings. The van der Waals surface area contributed by atoms with Crippen LogP contribution in [0.5, 0.6) is 0 Å². The molecule has 1 aromatic carbocycles. The van der Waals surface area contributed by atoms with Crippen LogP contribution >= 0.6 is 22.9 Å². The molecule has 0 spiro atoms. The number of nitrogens with one attached hydrogen (secondary N) is 1. The Labute approximate surface area is 199 Å². The number of morpholine rings is 1. The van der Waals surface area contributed by atoms with Crippen molar-refractivity contribution in [2.75, 3.05) is 45.2 Å². The molecule has 1 fully saturated rings. The Bertz CT molecular complexity index is 1330. The lowest BCUT2D eigenvalue weighted by Gasteiger charge is -2.26. The zero-order valence-corrected chi connectivity index (χ0v) is 20.1. The molecule has 0 unspecified atom stereocenters. The second-order valence-electron chi connectivity index (χ2n) is 7.52. The van der Waals surface area contributed by atoms with Crippen LogP contribution in [0.4, 0.5) is 5.69 Å². The summed E-state index contributed by atoms with van der Waals surface area (Å²) >= 11 is 7.52. The first-order valence-corrected chi connectivity index (χ1v) is 12.8. The van der Waals surface area contributed by atoms with E-state index >= 15 is 0 Å². The number of carbonyl (C=O) groups is 1. The van der Waals surface area contributed by atoms with Gasteiger partial charge in [0.25, 0.3) is 5.56 Å². The van der Waals surface area contributed by atoms with Crippen LogP contribution in [-0.2, 0) is 26.1 Å². The number of anilines is 1. The quantitative estimate of drug-likeness (QED) is 0.511. The van der Waals surface area contributed by atoms with Crippen LogP contribution in [0, 0.1) is 0 Å². The number of halogens is 1. The third-order valence-corrected chi connectivity index (χ3v) is 8.14. The molecular weight excluding hydrogens is 490 g/mol. The van der Waals surface area contributed by atoms with Gasteiger partial charge in [-0.15, -0.1) is 11.3 Å². The molecule has 1 N–H and O–H groups in total. The summed E-state index contributed by atoms with van der Waals surface area (Å²) < 4.78 is 33.9. The smallest absolute Gasteiger partial charge is 0.258 e. The van der Waals surface area contributed by atoms with Gasteiger partial charge >= 0.3 is 0 Å². The molecule has 0 radical (unpaired) electrons. The largest absolute Gasteiger partial charge is 0.379 e. The lowest BCUT2D eigenvalue weighted by atomic mass is 10.3. The highest BCUT2D eigenvalue weighted by Gasteiger charge is 2.28. The fourth-order valence-corrected chi connectivity index (χ4v) is 6.10. The molecule has 13 heteroatoms. The van der Waals surface area contributed by atoms with Crippen molar-refractivity contribution < 1.29 is 17.9 Å². The highest BCUT2D eigenvalue weighted by atomic mass is 35.5. The second kappa shape index (κ2) is 9.87. The van der Waals surface area contributed by atoms with Gasteiger partial charge in [-0.1, -0.05) is 11.6 Å². The van der Waals surface area contributed by atoms with Gasteiger partial charge in [0, 0.05) is 43.0 Å². The zero-order chi connectivity index (χ0) is 23.6. The molecule has 2 aromatic heterocycles. The summed E-state index contributed by atoms with van der Waals surface area (Å²) in [6.45, 7) is 1.44. The number of rotatable bonds is 7. The molecule has 33 heavy (non-hydrogen) atoms. The molecule has 10 nitrogen and oxygen atoms in total. The van der Waals surface area contributed by atoms with Gasteiger partial charge < -0.3 is 10.1 Å². The number of amides is 1. The lowest BCUT2D eigenvalue weighted by Crippen LogP contribution is -2.40. The molecule has 3 heterocycles. The topological polar surface area (TPSA) is 113 Å². The normalized spacial score (nSPS) is 15.2. The van der Waals surface area contributed by atoms with Crippen LogP contribution in [0.1, 0.15) is 5.69 Å². The van der Waals surface area contributed by atoms with E-state index in [9.17, 15) is 18.0 Å². The van der Waals surface area contributed by atoms with E-state index in [-0.39, 0.29) is 41.0 Å². The van der Waals surface area contributed by atoms with E-state index < -0.39 is 10.0 Å². The van der Waals surface area contributed by atoms with Gasteiger partial charge in [0.05, 0.1) is 30.5 Å². The van der Waals surface area contributed by atoms with Crippen molar-refractivity contribution in [3.05, 3.63) is 56.9 Å². The van der Waals surface area contributed by atoms with E-state index in [1.54, 1.807) is 29.6 Å². The van der Waals surface area contributed by atoms with Crippen molar-refractivity contribution in [3.63, 3.8) is 0 Å². The first-order valence-electron chi connectivity index (χ1n) is 10.1. The number of fused-ring (bicyclic) bond motifs is 1. The standard InChI is InChI=1S/C20H22ClN5O5S2/c1-24(12-15-11-19(28)26-6-9-32-20(26)23-15)13-18(27)22-14-2-3-16(21)17(10-14)33(29,30)25-4-7-31-8-5-25/h2-3,6,9-11H,4-5,7-8,12-13H2,1H3,(H,22,27). The number of hydrogen-bond donors (Lipinski definition) is 1. The monoisotopic (exact) mass is 511 g/mol. The molecule has 0 atom stereocenters. The van der Waals surface area contributed by atoms with Crippen molar-refractivity contribution in [2.24, 2.45) is 0 Å². The van der Waals surface area contributed by atoms with Crippen molar-refractivity contribution >= 4 is 49.5 Å². The fourth-order valence-electron chi connectivity index (χ4n) is 3.45. The first-order chi connectivity index (χ1) is 15.7. The maximum Gasteiger partial charge on any atom is 0.258 e. The number of thiazole rings is 1. The highest BCUT2D eigenvalue weighted by Crippen LogP contribution is 2.28. The summed E-state index contributed by atoms with van der Waals surface area (Å²) in [7, 11) is -2.08. The summed E-state index contributed by atoms with van der Waals surface area (Å²) in [5, 5.41) is 4.57. The van der Waals surface area contributed by atoms with Crippen LogP contribution < -0.4 is 10.9 Å². The van der Waals surface area contributed by atoms with E-state index in [0.717, 1.165) is 0 Å². The maximum atomic E-state index is 13.0. The van der Waals surface area contributed by atoms with Crippen LogP contribution in [0.15, 0.2) is 45.5 Å². The van der Waals surface area contributed by atoms with E-state index in [1.165, 1.54) is 38.2 Å². The molecule has 1 aliphatic heterocycles. The highest BCUT2D eigenvalue weighted by molar-refractivity contribution is 7.89.